The number of rotatable bonds is 17. The summed E-state index contributed by atoms with van der Waals surface area (Å²) in [7, 11) is 3.26. The predicted molar refractivity (Wildman–Crippen MR) is 467 cm³/mol. The van der Waals surface area contributed by atoms with Crippen LogP contribution in [0.2, 0.25) is 10.0 Å². The van der Waals surface area contributed by atoms with Crippen molar-refractivity contribution < 1.29 is 31.4 Å². The largest absolute Gasteiger partial charge is 0.496 e. The van der Waals surface area contributed by atoms with Gasteiger partial charge in [0.2, 0.25) is 35.0 Å². The van der Waals surface area contributed by atoms with Crippen LogP contribution in [0.15, 0.2) is 335 Å². The molecule has 0 saturated heterocycles. The maximum atomic E-state index is 14.2. The number of tetrazole rings is 5. The van der Waals surface area contributed by atoms with Crippen molar-refractivity contribution in [1.29, 1.82) is 0 Å². The summed E-state index contributed by atoms with van der Waals surface area (Å²) in [5, 5.41) is 62.7. The van der Waals surface area contributed by atoms with Gasteiger partial charge in [0.15, 0.2) is 0 Å². The van der Waals surface area contributed by atoms with Gasteiger partial charge in [0.1, 0.15) is 45.9 Å². The van der Waals surface area contributed by atoms with E-state index < -0.39 is 17.6 Å². The van der Waals surface area contributed by atoms with Crippen molar-refractivity contribution in [2.75, 3.05) is 14.2 Å². The molecule has 0 aliphatic rings. The SMILES string of the molecule is COc1cc(-n2nnc(-c3ccccn3)n2)ccc1-c1ccccc1C.COc1ccc(-c2cccc(-n3nnc(-c4ccccn4)n3)c2)cn1.FC(F)(F)c1ccccc1-c1cccc(-n2nnc(-c3ccccn3)n2)c1.Fc1cc(-c2cccc(Cl)c2Cl)cc(-n2nnc(-c3ccccn3)n2)c1.Fc1cc(-c2ccncc2)cc(-n2nnc(-c3ccccn3)n2)c1. The molecule has 20 rings (SSSR count). The molecule has 29 nitrogen and oxygen atoms in total. The number of aryl methyl sites for hydroxylation is 1. The molecule has 0 spiro atoms. The summed E-state index contributed by atoms with van der Waals surface area (Å²) in [6.07, 6.45) is 8.96. The smallest absolute Gasteiger partial charge is 0.417 e. The van der Waals surface area contributed by atoms with Gasteiger partial charge in [-0.15, -0.1) is 75.0 Å². The van der Waals surface area contributed by atoms with Gasteiger partial charge in [0, 0.05) is 90.5 Å². The minimum Gasteiger partial charge on any atom is -0.496 e. The summed E-state index contributed by atoms with van der Waals surface area (Å²) in [5.41, 5.74) is 14.0. The molecule has 0 amide bonds. The van der Waals surface area contributed by atoms with Crippen LogP contribution in [0.5, 0.6) is 11.6 Å². The van der Waals surface area contributed by atoms with Gasteiger partial charge in [0.05, 0.1) is 58.3 Å². The molecular weight excluding hydrogens is 1680 g/mol. The van der Waals surface area contributed by atoms with Gasteiger partial charge in [-0.3, -0.25) is 29.9 Å². The molecule has 36 heteroatoms. The third kappa shape index (κ3) is 20.5. The number of methoxy groups -OCH3 is 2. The normalized spacial score (nSPS) is 10.9. The zero-order valence-corrected chi connectivity index (χ0v) is 68.8. The summed E-state index contributed by atoms with van der Waals surface area (Å²) < 4.78 is 78.8. The summed E-state index contributed by atoms with van der Waals surface area (Å²) in [4.78, 5) is 36.0. The minimum absolute atomic E-state index is 0.0944. The second kappa shape index (κ2) is 39.4. The molecule has 0 aliphatic heterocycles. The van der Waals surface area contributed by atoms with Crippen LogP contribution in [0, 0.1) is 18.6 Å². The van der Waals surface area contributed by atoms with Gasteiger partial charge in [-0.05, 0) is 229 Å². The Morgan fingerprint density at radius 1 is 0.305 bits per heavy atom. The number of hydrogen-bond donors (Lipinski definition) is 0. The Labute approximate surface area is 734 Å². The van der Waals surface area contributed by atoms with E-state index in [4.69, 9.17) is 32.7 Å². The van der Waals surface area contributed by atoms with Crippen LogP contribution in [0.1, 0.15) is 11.1 Å². The summed E-state index contributed by atoms with van der Waals surface area (Å²) in [6.45, 7) is 2.08. The van der Waals surface area contributed by atoms with Gasteiger partial charge >= 0.3 is 6.18 Å². The molecule has 12 heterocycles. The lowest BCUT2D eigenvalue weighted by Crippen LogP contribution is -2.07. The first kappa shape index (κ1) is 84.6. The number of nitrogens with zero attached hydrogens (tertiary/aromatic N) is 27. The molecule has 0 atom stereocenters. The second-order valence-electron chi connectivity index (χ2n) is 27.3. The Morgan fingerprint density at radius 3 is 1.17 bits per heavy atom. The Kier molecular flexibility index (Phi) is 26.1. The van der Waals surface area contributed by atoms with E-state index >= 15 is 0 Å². The van der Waals surface area contributed by atoms with E-state index in [1.807, 2.05) is 133 Å². The molecule has 0 aliphatic carbocycles. The average Bonchev–Trinajstić information content (AvgIpc) is 1.24. The van der Waals surface area contributed by atoms with Crippen LogP contribution in [0.3, 0.4) is 0 Å². The van der Waals surface area contributed by atoms with Crippen molar-refractivity contribution in [1.82, 2.24) is 136 Å². The highest BCUT2D eigenvalue weighted by molar-refractivity contribution is 6.43. The van der Waals surface area contributed by atoms with E-state index in [0.29, 0.717) is 113 Å². The number of hydrogen-bond acceptors (Lipinski definition) is 24. The maximum absolute atomic E-state index is 14.2. The Balaban J connectivity index is 0.000000118. The van der Waals surface area contributed by atoms with E-state index in [2.05, 4.69) is 131 Å². The molecule has 12 aromatic heterocycles. The molecular formula is C92H64Cl2F5N27O2. The van der Waals surface area contributed by atoms with Crippen LogP contribution < -0.4 is 9.47 Å². The van der Waals surface area contributed by atoms with Crippen molar-refractivity contribution in [3.8, 4) is 153 Å². The minimum atomic E-state index is -4.44. The third-order valence-corrected chi connectivity index (χ3v) is 19.7. The number of alkyl halides is 3. The quantitative estimate of drug-likeness (QED) is 0.0764. The number of halogens is 7. The van der Waals surface area contributed by atoms with Crippen molar-refractivity contribution in [2.24, 2.45) is 0 Å². The molecule has 0 radical (unpaired) electrons. The number of benzene rings is 8. The fraction of sp³-hybridized carbons (Fsp3) is 0.0435. The molecule has 0 bridgehead atoms. The lowest BCUT2D eigenvalue weighted by atomic mass is 9.99. The predicted octanol–water partition coefficient (Wildman–Crippen LogP) is 18.7. The topological polar surface area (TPSA) is 327 Å². The fourth-order valence-electron chi connectivity index (χ4n) is 12.7. The Bertz CT molecular complexity index is 7130. The number of aromatic nitrogens is 27. The van der Waals surface area contributed by atoms with Crippen LogP contribution >= 0.6 is 23.2 Å². The molecule has 628 valence electrons. The highest BCUT2D eigenvalue weighted by Gasteiger charge is 2.33. The second-order valence-corrected chi connectivity index (χ2v) is 28.0. The lowest BCUT2D eigenvalue weighted by molar-refractivity contribution is -0.137. The monoisotopic (exact) mass is 1740 g/mol. The van der Waals surface area contributed by atoms with Crippen molar-refractivity contribution >= 4 is 23.2 Å². The van der Waals surface area contributed by atoms with E-state index in [1.54, 1.807) is 161 Å². The van der Waals surface area contributed by atoms with E-state index in [-0.39, 0.29) is 11.4 Å². The summed E-state index contributed by atoms with van der Waals surface area (Å²) in [6, 6.07) is 82.9. The van der Waals surface area contributed by atoms with Crippen LogP contribution in [0.4, 0.5) is 22.0 Å². The van der Waals surface area contributed by atoms with Crippen molar-refractivity contribution in [3.05, 3.63) is 368 Å². The Hall–Kier alpha value is -17.0. The van der Waals surface area contributed by atoms with Gasteiger partial charge in [-0.2, -0.15) is 13.2 Å². The van der Waals surface area contributed by atoms with Gasteiger partial charge in [-0.1, -0.05) is 132 Å². The summed E-state index contributed by atoms with van der Waals surface area (Å²) in [5.74, 6) is 2.52. The van der Waals surface area contributed by atoms with Gasteiger partial charge in [0.25, 0.3) is 0 Å². The number of pyridine rings is 7. The average molecular weight is 1750 g/mol. The zero-order chi connectivity index (χ0) is 88.3. The standard InChI is InChI=1S/C20H17N5O.C19H12F3N5.C18H10Cl2FN5.C18H14N6O.C17H11FN6/c1-14-7-3-4-8-16(14)17-11-10-15(13-19(17)26-2)25-23-20(22-24-25)18-9-5-6-12-21-18;20-19(21,22)16-9-2-1-8-15(16)13-6-5-7-14(12-13)27-25-18(24-26-27)17-10-3-4-11-23-17;19-15-5-3-4-14(17(15)20)11-8-12(21)10-13(9-11)26-24-18(23-25-26)16-6-1-2-7-22-16;1-25-17-9-8-14(12-20-17)13-5-4-6-15(11-13)24-22-18(21-23-24)16-7-2-3-10-19-16;18-14-9-13(12-4-7-19-8-5-12)10-15(11-14)24-22-17(21-23-24)16-3-1-2-6-20-16/h3-13H,1-2H3;1-12H;1-10H;2-12H,1H3;1-11H. The first-order valence-corrected chi connectivity index (χ1v) is 39.4. The van der Waals surface area contributed by atoms with Crippen LogP contribution in [-0.2, 0) is 6.18 Å². The maximum Gasteiger partial charge on any atom is 0.417 e. The number of ether oxygens (including phenoxy) is 2. The fourth-order valence-corrected chi connectivity index (χ4v) is 13.2. The molecule has 0 fully saturated rings. The van der Waals surface area contributed by atoms with E-state index in [9.17, 15) is 22.0 Å². The molecule has 20 aromatic rings. The lowest BCUT2D eigenvalue weighted by Gasteiger charge is -2.13. The molecule has 0 N–H and O–H groups in total. The molecule has 0 saturated carbocycles. The third-order valence-electron chi connectivity index (χ3n) is 18.9. The van der Waals surface area contributed by atoms with E-state index in [0.717, 1.165) is 51.0 Å². The van der Waals surface area contributed by atoms with Crippen molar-refractivity contribution in [2.45, 2.75) is 13.1 Å². The highest BCUT2D eigenvalue weighted by atomic mass is 35.5. The van der Waals surface area contributed by atoms with Gasteiger partial charge < -0.3 is 9.47 Å². The molecule has 128 heavy (non-hydrogen) atoms. The van der Waals surface area contributed by atoms with Gasteiger partial charge in [-0.25, -0.2) is 13.8 Å². The van der Waals surface area contributed by atoms with E-state index in [1.165, 1.54) is 65.9 Å². The Morgan fingerprint density at radius 2 is 0.719 bits per heavy atom. The van der Waals surface area contributed by atoms with Crippen LogP contribution in [0.25, 0.3) is 142 Å². The zero-order valence-electron chi connectivity index (χ0n) is 67.3. The first-order valence-electron chi connectivity index (χ1n) is 38.7. The van der Waals surface area contributed by atoms with Crippen LogP contribution in [-0.4, -0.2) is 150 Å². The molecule has 0 unspecified atom stereocenters. The summed E-state index contributed by atoms with van der Waals surface area (Å²) >= 11 is 12.3. The molecule has 8 aromatic carbocycles. The van der Waals surface area contributed by atoms with Crippen molar-refractivity contribution in [3.63, 3.8) is 0 Å². The first-order chi connectivity index (χ1) is 62.5. The highest BCUT2D eigenvalue weighted by Crippen LogP contribution is 2.39.